The van der Waals surface area contributed by atoms with Crippen molar-refractivity contribution in [3.05, 3.63) is 47.9 Å². The molecule has 1 N–H and O–H groups in total. The van der Waals surface area contributed by atoms with Crippen molar-refractivity contribution in [3.63, 3.8) is 0 Å². The molecule has 1 fully saturated rings. The molecule has 0 radical (unpaired) electrons. The molecule has 11 heteroatoms. The molecule has 4 rings (SSSR count). The minimum atomic E-state index is -1.71. The minimum Gasteiger partial charge on any atom is -0.494 e. The third-order valence-corrected chi connectivity index (χ3v) is 5.93. The SMILES string of the molecule is BN1CCC(n2cc3cc(NC(=O)c4cccc(C(B)(F)P)n4)c(OC)cc3n2)CC1. The van der Waals surface area contributed by atoms with Gasteiger partial charge in [0.05, 0.1) is 30.0 Å². The number of piperidine rings is 1. The van der Waals surface area contributed by atoms with Crippen molar-refractivity contribution in [1.82, 2.24) is 19.6 Å². The summed E-state index contributed by atoms with van der Waals surface area (Å²) in [7, 11) is 7.14. The molecule has 3 aromatic rings. The van der Waals surface area contributed by atoms with E-state index in [0.717, 1.165) is 36.8 Å². The average molecular weight is 439 g/mol. The first kappa shape index (κ1) is 21.8. The number of hydrogen-bond acceptors (Lipinski definition) is 5. The van der Waals surface area contributed by atoms with E-state index in [1.165, 1.54) is 7.85 Å². The number of anilines is 1. The van der Waals surface area contributed by atoms with Crippen LogP contribution in [0.3, 0.4) is 0 Å². The van der Waals surface area contributed by atoms with E-state index >= 15 is 0 Å². The number of carbonyl (C=O) groups excluding carboxylic acids is 1. The van der Waals surface area contributed by atoms with E-state index < -0.39 is 11.2 Å². The van der Waals surface area contributed by atoms with Crippen LogP contribution in [0.2, 0.25) is 0 Å². The van der Waals surface area contributed by atoms with Crippen LogP contribution >= 0.6 is 9.24 Å². The lowest BCUT2D eigenvalue weighted by Crippen LogP contribution is -2.32. The molecule has 0 bridgehead atoms. The molecule has 1 aromatic carbocycles. The first-order valence-electron chi connectivity index (χ1n) is 10.3. The quantitative estimate of drug-likeness (QED) is 0.482. The summed E-state index contributed by atoms with van der Waals surface area (Å²) in [5.74, 6) is 0.0727. The molecule has 1 aliphatic rings. The fourth-order valence-corrected chi connectivity index (χ4v) is 3.97. The third-order valence-electron chi connectivity index (χ3n) is 5.64. The summed E-state index contributed by atoms with van der Waals surface area (Å²) in [5.41, 5.74) is 1.63. The Morgan fingerprint density at radius 2 is 2.10 bits per heavy atom. The van der Waals surface area contributed by atoms with Crippen molar-refractivity contribution in [2.24, 2.45) is 0 Å². The molecule has 3 heterocycles. The molecule has 0 spiro atoms. The molecule has 1 saturated heterocycles. The number of rotatable bonds is 5. The number of nitrogens with one attached hydrogen (secondary N) is 1. The summed E-state index contributed by atoms with van der Waals surface area (Å²) >= 11 is 0. The molecule has 2 unspecified atom stereocenters. The number of hydrogen-bond donors (Lipinski definition) is 1. The Labute approximate surface area is 184 Å². The fraction of sp³-hybridized carbons (Fsp3) is 0.350. The number of amides is 1. The van der Waals surface area contributed by atoms with Crippen LogP contribution in [0.15, 0.2) is 36.5 Å². The number of aromatic nitrogens is 3. The molecule has 160 valence electrons. The Morgan fingerprint density at radius 3 is 2.77 bits per heavy atom. The Bertz CT molecular complexity index is 1110. The normalized spacial score (nSPS) is 17.4. The molecule has 7 nitrogen and oxygen atoms in total. The second-order valence-electron chi connectivity index (χ2n) is 8.19. The monoisotopic (exact) mass is 439 g/mol. The summed E-state index contributed by atoms with van der Waals surface area (Å²) in [4.78, 5) is 19.3. The number of benzene rings is 1. The highest BCUT2D eigenvalue weighted by Crippen LogP contribution is 2.32. The Hall–Kier alpha value is -2.44. The number of halogens is 1. The largest absolute Gasteiger partial charge is 0.494 e. The number of alkyl halides is 1. The minimum absolute atomic E-state index is 0.132. The lowest BCUT2D eigenvalue weighted by Gasteiger charge is -2.29. The van der Waals surface area contributed by atoms with Crippen LogP contribution in [-0.4, -0.2) is 61.5 Å². The molecule has 31 heavy (non-hydrogen) atoms. The molecule has 1 amide bonds. The lowest BCUT2D eigenvalue weighted by atomic mass is 9.97. The summed E-state index contributed by atoms with van der Waals surface area (Å²) in [6.45, 7) is 2.09. The maximum Gasteiger partial charge on any atom is 0.274 e. The van der Waals surface area contributed by atoms with Gasteiger partial charge in [-0.1, -0.05) is 6.07 Å². The van der Waals surface area contributed by atoms with Gasteiger partial charge < -0.3 is 14.9 Å². The van der Waals surface area contributed by atoms with Crippen LogP contribution in [0.25, 0.3) is 10.9 Å². The highest BCUT2D eigenvalue weighted by Gasteiger charge is 2.23. The van der Waals surface area contributed by atoms with Crippen LogP contribution in [0.1, 0.15) is 35.1 Å². The second kappa shape index (κ2) is 8.60. The number of pyridine rings is 1. The smallest absolute Gasteiger partial charge is 0.274 e. The maximum absolute atomic E-state index is 14.2. The fourth-order valence-electron chi connectivity index (χ4n) is 3.80. The number of carbonyl (C=O) groups is 1. The predicted octanol–water partition coefficient (Wildman–Crippen LogP) is 1.47. The molecule has 2 aromatic heterocycles. The molecule has 2 atom stereocenters. The highest BCUT2D eigenvalue weighted by molar-refractivity contribution is 7.21. The van der Waals surface area contributed by atoms with Crippen molar-refractivity contribution in [1.29, 1.82) is 0 Å². The van der Waals surface area contributed by atoms with Gasteiger partial charge in [-0.05, 0) is 44.1 Å². The van der Waals surface area contributed by atoms with E-state index in [0.29, 0.717) is 17.5 Å². The molecular weight excluding hydrogens is 414 g/mol. The van der Waals surface area contributed by atoms with Gasteiger partial charge in [0.15, 0.2) is 15.8 Å². The van der Waals surface area contributed by atoms with Crippen molar-refractivity contribution in [2.75, 3.05) is 25.5 Å². The highest BCUT2D eigenvalue weighted by atomic mass is 31.0. The van der Waals surface area contributed by atoms with Crippen LogP contribution < -0.4 is 10.1 Å². The van der Waals surface area contributed by atoms with Crippen LogP contribution in [0, 0.1) is 0 Å². The van der Waals surface area contributed by atoms with Gasteiger partial charge in [0.25, 0.3) is 5.91 Å². The molecule has 1 aliphatic heterocycles. The van der Waals surface area contributed by atoms with Crippen LogP contribution in [0.5, 0.6) is 5.75 Å². The standard InChI is InChI=1S/C20H25B2FN5O2P/c1-30-17-10-15-12(11-28(26-15)13-5-7-27(22)8-6-13)9-16(17)25-19(29)14-3-2-4-18(24-14)20(21,23)31/h2-4,9-11,13H,5-8,21-22,31H2,1H3,(H,25,29). The number of ether oxygens (including phenoxy) is 1. The third kappa shape index (κ3) is 4.75. The first-order chi connectivity index (χ1) is 14.7. The van der Waals surface area contributed by atoms with Gasteiger partial charge in [0.1, 0.15) is 16.8 Å². The predicted molar refractivity (Wildman–Crippen MR) is 128 cm³/mol. The second-order valence-corrected chi connectivity index (χ2v) is 9.28. The molecule has 0 aliphatic carbocycles. The van der Waals surface area contributed by atoms with Crippen LogP contribution in [-0.2, 0) is 5.31 Å². The first-order valence-corrected chi connectivity index (χ1v) is 10.8. The van der Waals surface area contributed by atoms with E-state index in [-0.39, 0.29) is 11.4 Å². The van der Waals surface area contributed by atoms with Crippen molar-refractivity contribution < 1.29 is 13.9 Å². The van der Waals surface area contributed by atoms with E-state index in [4.69, 9.17) is 9.84 Å². The Balaban J connectivity index is 1.60. The van der Waals surface area contributed by atoms with Crippen molar-refractivity contribution in [2.45, 2.75) is 24.2 Å². The van der Waals surface area contributed by atoms with E-state index in [9.17, 15) is 9.18 Å². The zero-order valence-electron chi connectivity index (χ0n) is 17.9. The van der Waals surface area contributed by atoms with Crippen molar-refractivity contribution >= 4 is 47.6 Å². The van der Waals surface area contributed by atoms with Gasteiger partial charge >= 0.3 is 0 Å². The van der Waals surface area contributed by atoms with Crippen molar-refractivity contribution in [3.8, 4) is 5.75 Å². The lowest BCUT2D eigenvalue weighted by molar-refractivity contribution is 0.102. The molecular formula is C20H25B2FN5O2P. The number of methoxy groups -OCH3 is 1. The summed E-state index contributed by atoms with van der Waals surface area (Å²) in [6, 6.07) is 8.75. The molecule has 0 saturated carbocycles. The van der Waals surface area contributed by atoms with E-state index in [1.807, 2.05) is 23.0 Å². The Morgan fingerprint density at radius 1 is 1.35 bits per heavy atom. The van der Waals surface area contributed by atoms with Gasteiger partial charge in [-0.15, -0.1) is 9.24 Å². The van der Waals surface area contributed by atoms with Crippen LogP contribution in [0.4, 0.5) is 10.1 Å². The number of nitrogens with zero attached hydrogens (tertiary/aromatic N) is 4. The zero-order chi connectivity index (χ0) is 22.2. The zero-order valence-corrected chi connectivity index (χ0v) is 19.1. The maximum atomic E-state index is 14.2. The van der Waals surface area contributed by atoms with E-state index in [1.54, 1.807) is 25.3 Å². The van der Waals surface area contributed by atoms with Gasteiger partial charge in [0.2, 0.25) is 0 Å². The topological polar surface area (TPSA) is 72.3 Å². The summed E-state index contributed by atoms with van der Waals surface area (Å²) in [5, 5.41) is 6.78. The van der Waals surface area contributed by atoms with Gasteiger partial charge in [-0.25, -0.2) is 9.37 Å². The number of fused-ring (bicyclic) bond motifs is 1. The van der Waals surface area contributed by atoms with Gasteiger partial charge in [-0.3, -0.25) is 9.48 Å². The van der Waals surface area contributed by atoms with E-state index in [2.05, 4.69) is 32.3 Å². The van der Waals surface area contributed by atoms with Gasteiger partial charge in [0, 0.05) is 17.6 Å². The summed E-state index contributed by atoms with van der Waals surface area (Å²) < 4.78 is 21.7. The summed E-state index contributed by atoms with van der Waals surface area (Å²) in [6.07, 6.45) is 4.12. The van der Waals surface area contributed by atoms with Gasteiger partial charge in [-0.2, -0.15) is 5.10 Å². The average Bonchev–Trinajstić information content (AvgIpc) is 3.16. The Kier molecular flexibility index (Phi) is 6.04.